The lowest BCUT2D eigenvalue weighted by Crippen LogP contribution is -2.52. The minimum absolute atomic E-state index is 0.0533. The smallest absolute Gasteiger partial charge is 0.421 e. The summed E-state index contributed by atoms with van der Waals surface area (Å²) in [4.78, 5) is 67.8. The van der Waals surface area contributed by atoms with Crippen LogP contribution >= 0.6 is 0 Å². The molecule has 12 nitrogen and oxygen atoms in total. The molecule has 0 radical (unpaired) electrons. The third kappa shape index (κ3) is 7.84. The summed E-state index contributed by atoms with van der Waals surface area (Å²) in [7, 11) is 0. The van der Waals surface area contributed by atoms with Gasteiger partial charge in [-0.1, -0.05) is 36.4 Å². The van der Waals surface area contributed by atoms with Gasteiger partial charge in [0, 0.05) is 31.9 Å². The lowest BCUT2D eigenvalue weighted by molar-refractivity contribution is -0.124. The first-order valence-corrected chi connectivity index (χ1v) is 17.7. The number of hydrogen-bond donors (Lipinski definition) is 1. The van der Waals surface area contributed by atoms with Crippen molar-refractivity contribution in [3.63, 3.8) is 0 Å². The van der Waals surface area contributed by atoms with Gasteiger partial charge in [0.05, 0.1) is 16.5 Å². The van der Waals surface area contributed by atoms with Crippen molar-refractivity contribution in [2.75, 3.05) is 36.4 Å². The van der Waals surface area contributed by atoms with Crippen molar-refractivity contribution in [3.05, 3.63) is 59.7 Å². The topological polar surface area (TPSA) is 135 Å². The molecule has 4 aliphatic heterocycles. The van der Waals surface area contributed by atoms with Crippen LogP contribution < -0.4 is 10.2 Å². The molecule has 0 atom stereocenters. The van der Waals surface area contributed by atoms with Crippen LogP contribution in [-0.2, 0) is 34.6 Å². The molecule has 12 heteroatoms. The maximum absolute atomic E-state index is 13.5. The lowest BCUT2D eigenvalue weighted by atomic mass is 9.74. The van der Waals surface area contributed by atoms with E-state index in [2.05, 4.69) is 5.32 Å². The molecule has 6 rings (SSSR count). The summed E-state index contributed by atoms with van der Waals surface area (Å²) in [5.41, 5.74) is 0.252. The predicted molar refractivity (Wildman–Crippen MR) is 193 cm³/mol. The van der Waals surface area contributed by atoms with Gasteiger partial charge in [-0.05, 0) is 111 Å². The Balaban J connectivity index is 0.000000205. The number of amides is 5. The minimum Gasteiger partial charge on any atom is -0.444 e. The second-order valence-electron chi connectivity index (χ2n) is 16.7. The van der Waals surface area contributed by atoms with Crippen molar-refractivity contribution in [1.82, 2.24) is 9.80 Å². The highest BCUT2D eigenvalue weighted by molar-refractivity contribution is 6.21. The number of rotatable bonds is 0. The van der Waals surface area contributed by atoms with Crippen LogP contribution in [0.3, 0.4) is 0 Å². The Labute approximate surface area is 300 Å². The number of nitrogens with zero attached hydrogens (tertiary/aromatic N) is 3. The number of fused-ring (bicyclic) bond motifs is 4. The van der Waals surface area contributed by atoms with Gasteiger partial charge in [0.1, 0.15) is 16.8 Å². The number of imide groups is 1. The highest BCUT2D eigenvalue weighted by atomic mass is 16.6. The summed E-state index contributed by atoms with van der Waals surface area (Å²) in [6, 6.07) is 15.2. The average molecular weight is 705 g/mol. The largest absolute Gasteiger partial charge is 0.444 e. The van der Waals surface area contributed by atoms with Gasteiger partial charge in [-0.2, -0.15) is 0 Å². The van der Waals surface area contributed by atoms with E-state index in [9.17, 15) is 24.0 Å². The molecule has 4 aliphatic rings. The van der Waals surface area contributed by atoms with E-state index in [-0.39, 0.29) is 24.0 Å². The van der Waals surface area contributed by atoms with Gasteiger partial charge >= 0.3 is 18.3 Å². The summed E-state index contributed by atoms with van der Waals surface area (Å²) in [5.74, 6) is -0.227. The van der Waals surface area contributed by atoms with E-state index in [1.165, 1.54) is 0 Å². The zero-order valence-corrected chi connectivity index (χ0v) is 31.4. The third-order valence-electron chi connectivity index (χ3n) is 9.51. The summed E-state index contributed by atoms with van der Waals surface area (Å²) in [6.45, 7) is 18.2. The van der Waals surface area contributed by atoms with Crippen molar-refractivity contribution in [1.29, 1.82) is 0 Å². The molecular formula is C39H52N4O8. The van der Waals surface area contributed by atoms with Gasteiger partial charge in [-0.25, -0.2) is 19.3 Å². The molecule has 51 heavy (non-hydrogen) atoms. The molecule has 2 spiro atoms. The second-order valence-corrected chi connectivity index (χ2v) is 16.7. The Morgan fingerprint density at radius 3 is 1.49 bits per heavy atom. The number of piperidine rings is 2. The van der Waals surface area contributed by atoms with Crippen molar-refractivity contribution in [2.45, 2.75) is 116 Å². The van der Waals surface area contributed by atoms with Crippen LogP contribution in [0.1, 0.15) is 99.1 Å². The van der Waals surface area contributed by atoms with E-state index in [0.717, 1.165) is 21.7 Å². The maximum Gasteiger partial charge on any atom is 0.421 e. The van der Waals surface area contributed by atoms with E-state index >= 15 is 0 Å². The fourth-order valence-corrected chi connectivity index (χ4v) is 7.15. The molecule has 5 amide bonds. The molecular weight excluding hydrogens is 652 g/mol. The molecule has 2 aromatic carbocycles. The number of likely N-dealkylation sites (tertiary alicyclic amines) is 2. The Morgan fingerprint density at radius 1 is 0.588 bits per heavy atom. The van der Waals surface area contributed by atoms with Gasteiger partial charge in [-0.15, -0.1) is 0 Å². The molecule has 2 aromatic rings. The van der Waals surface area contributed by atoms with Gasteiger partial charge < -0.3 is 29.3 Å². The number of nitrogens with one attached hydrogen (secondary N) is 1. The number of para-hydroxylation sites is 2. The molecule has 2 saturated heterocycles. The van der Waals surface area contributed by atoms with Crippen LogP contribution in [0.15, 0.2) is 48.5 Å². The fourth-order valence-electron chi connectivity index (χ4n) is 7.15. The molecule has 276 valence electrons. The van der Waals surface area contributed by atoms with E-state index in [1.54, 1.807) is 42.7 Å². The Morgan fingerprint density at radius 2 is 1.00 bits per heavy atom. The van der Waals surface area contributed by atoms with Crippen LogP contribution in [0, 0.1) is 0 Å². The first-order valence-electron chi connectivity index (χ1n) is 17.7. The number of benzene rings is 2. The summed E-state index contributed by atoms with van der Waals surface area (Å²) >= 11 is 0. The molecule has 0 aliphatic carbocycles. The van der Waals surface area contributed by atoms with E-state index in [1.807, 2.05) is 77.9 Å². The van der Waals surface area contributed by atoms with Crippen molar-refractivity contribution >= 4 is 41.5 Å². The van der Waals surface area contributed by atoms with Crippen molar-refractivity contribution < 1.29 is 38.2 Å². The zero-order chi connectivity index (χ0) is 37.6. The Bertz CT molecular complexity index is 1680. The molecule has 0 saturated carbocycles. The average Bonchev–Trinajstić information content (AvgIpc) is 3.43. The molecule has 0 unspecified atom stereocenters. The molecule has 1 N–H and O–H groups in total. The molecule has 2 fully saturated rings. The summed E-state index contributed by atoms with van der Waals surface area (Å²) < 4.78 is 16.3. The standard InChI is InChI=1S/C22H30N2O5.C17H22N2O3/c1-20(2,3)28-18(26)23-13-11-22(12-14-23)15-9-7-8-10-16(15)24(17(22)25)19(27)29-21(4,5)6;1-16(2,3)22-15(21)19-10-8-17(9-11-19)12-6-4-5-7-13(12)18-14(17)20/h7-10H,11-14H2,1-6H3;4-7H,8-11H2,1-3H3,(H,18,20). The second kappa shape index (κ2) is 13.5. The van der Waals surface area contributed by atoms with Crippen LogP contribution in [0.5, 0.6) is 0 Å². The third-order valence-corrected chi connectivity index (χ3v) is 9.51. The monoisotopic (exact) mass is 704 g/mol. The lowest BCUT2D eigenvalue weighted by Gasteiger charge is -2.38. The van der Waals surface area contributed by atoms with Gasteiger partial charge in [0.2, 0.25) is 11.8 Å². The number of carbonyl (C=O) groups excluding carboxylic acids is 5. The molecule has 0 bridgehead atoms. The van der Waals surface area contributed by atoms with Gasteiger partial charge in [0.25, 0.3) is 0 Å². The highest BCUT2D eigenvalue weighted by Gasteiger charge is 2.55. The first kappa shape index (κ1) is 37.6. The SMILES string of the molecule is CC(C)(C)OC(=O)N1CCC2(CC1)C(=O)N(C(=O)OC(C)(C)C)c1ccccc12.CC(C)(C)OC(=O)N1CCC2(CC1)C(=O)Nc1ccccc12. The first-order chi connectivity index (χ1) is 23.7. The van der Waals surface area contributed by atoms with Crippen molar-refractivity contribution in [3.8, 4) is 0 Å². The zero-order valence-electron chi connectivity index (χ0n) is 31.4. The number of ether oxygens (including phenoxy) is 3. The van der Waals surface area contributed by atoms with Crippen LogP contribution in [-0.4, -0.2) is 82.9 Å². The summed E-state index contributed by atoms with van der Waals surface area (Å²) in [6.07, 6.45) is 0.790. The Kier molecular flexibility index (Phi) is 9.96. The quantitative estimate of drug-likeness (QED) is 0.286. The summed E-state index contributed by atoms with van der Waals surface area (Å²) in [5, 5.41) is 2.97. The van der Waals surface area contributed by atoms with E-state index < -0.39 is 33.7 Å². The van der Waals surface area contributed by atoms with E-state index in [4.69, 9.17) is 14.2 Å². The van der Waals surface area contributed by atoms with Crippen LogP contribution in [0.25, 0.3) is 0 Å². The molecule has 4 heterocycles. The van der Waals surface area contributed by atoms with Crippen LogP contribution in [0.2, 0.25) is 0 Å². The van der Waals surface area contributed by atoms with E-state index in [0.29, 0.717) is 57.5 Å². The highest BCUT2D eigenvalue weighted by Crippen LogP contribution is 2.49. The predicted octanol–water partition coefficient (Wildman–Crippen LogP) is 7.14. The molecule has 0 aromatic heterocycles. The van der Waals surface area contributed by atoms with Gasteiger partial charge in [-0.3, -0.25) is 9.59 Å². The number of carbonyl (C=O) groups is 5. The Hall–Kier alpha value is -4.61. The van der Waals surface area contributed by atoms with Crippen LogP contribution in [0.4, 0.5) is 25.8 Å². The van der Waals surface area contributed by atoms with Crippen molar-refractivity contribution in [2.24, 2.45) is 0 Å². The van der Waals surface area contributed by atoms with Gasteiger partial charge in [0.15, 0.2) is 0 Å². The fraction of sp³-hybridized carbons (Fsp3) is 0.564. The normalized spacial score (nSPS) is 19.1. The maximum atomic E-state index is 13.5. The number of anilines is 2. The minimum atomic E-state index is -0.827. The number of hydrogen-bond acceptors (Lipinski definition) is 8.